The van der Waals surface area contributed by atoms with Gasteiger partial charge in [0.15, 0.2) is 0 Å². The number of benzene rings is 1. The van der Waals surface area contributed by atoms with E-state index in [1.54, 1.807) is 0 Å². The van der Waals surface area contributed by atoms with Crippen molar-refractivity contribution in [2.45, 2.75) is 25.8 Å². The molecular weight excluding hydrogens is 188 g/mol. The Bertz CT molecular complexity index is 357. The fourth-order valence-electron chi connectivity index (χ4n) is 1.87. The van der Waals surface area contributed by atoms with Crippen molar-refractivity contribution in [2.24, 2.45) is 0 Å². The number of hydrogen-bond donors (Lipinski definition) is 2. The largest absolute Gasteiger partial charge is 0.397 e. The van der Waals surface area contributed by atoms with Gasteiger partial charge in [-0.15, -0.1) is 0 Å². The highest BCUT2D eigenvalue weighted by Crippen LogP contribution is 2.27. The van der Waals surface area contributed by atoms with Crippen LogP contribution in [0.25, 0.3) is 0 Å². The molecule has 0 radical (unpaired) electrons. The third kappa shape index (κ3) is 2.23. The zero-order chi connectivity index (χ0) is 10.9. The van der Waals surface area contributed by atoms with Crippen molar-refractivity contribution in [1.29, 1.82) is 0 Å². The van der Waals surface area contributed by atoms with Crippen molar-refractivity contribution in [3.63, 3.8) is 0 Å². The predicted molar refractivity (Wildman–Crippen MR) is 63.1 cm³/mol. The second-order valence-corrected chi connectivity index (χ2v) is 4.58. The van der Waals surface area contributed by atoms with Crippen molar-refractivity contribution in [1.82, 2.24) is 0 Å². The van der Waals surface area contributed by atoms with E-state index in [9.17, 15) is 0 Å². The lowest BCUT2D eigenvalue weighted by atomic mass is 10.0. The molecule has 1 fully saturated rings. The molecule has 1 aromatic rings. The first-order valence-electron chi connectivity index (χ1n) is 5.31. The molecule has 3 N–H and O–H groups in total. The van der Waals surface area contributed by atoms with Crippen LogP contribution in [0.3, 0.4) is 0 Å². The first kappa shape index (κ1) is 10.3. The lowest BCUT2D eigenvalue weighted by Gasteiger charge is -2.26. The van der Waals surface area contributed by atoms with Gasteiger partial charge in [-0.05, 0) is 38.0 Å². The van der Waals surface area contributed by atoms with Gasteiger partial charge >= 0.3 is 0 Å². The molecule has 2 rings (SSSR count). The van der Waals surface area contributed by atoms with E-state index in [-0.39, 0.29) is 5.54 Å². The van der Waals surface area contributed by atoms with Crippen LogP contribution in [0.5, 0.6) is 0 Å². The summed E-state index contributed by atoms with van der Waals surface area (Å²) in [6, 6.07) is 6.05. The molecule has 1 aliphatic rings. The molecule has 0 aliphatic carbocycles. The number of hydrogen-bond acceptors (Lipinski definition) is 3. The monoisotopic (exact) mass is 206 g/mol. The molecule has 3 nitrogen and oxygen atoms in total. The van der Waals surface area contributed by atoms with E-state index in [1.807, 2.05) is 12.1 Å². The fraction of sp³-hybridized carbons (Fsp3) is 0.500. The van der Waals surface area contributed by atoms with Gasteiger partial charge in [0.05, 0.1) is 23.5 Å². The van der Waals surface area contributed by atoms with Crippen LogP contribution >= 0.6 is 0 Å². The minimum absolute atomic E-state index is 0.0297. The van der Waals surface area contributed by atoms with Crippen LogP contribution in [0.15, 0.2) is 18.2 Å². The van der Waals surface area contributed by atoms with Gasteiger partial charge in [-0.25, -0.2) is 0 Å². The minimum Gasteiger partial charge on any atom is -0.397 e. The average molecular weight is 206 g/mol. The Labute approximate surface area is 90.6 Å². The molecule has 15 heavy (non-hydrogen) atoms. The van der Waals surface area contributed by atoms with Gasteiger partial charge in [0, 0.05) is 6.61 Å². The lowest BCUT2D eigenvalue weighted by Crippen LogP contribution is -2.35. The smallest absolute Gasteiger partial charge is 0.0694 e. The lowest BCUT2D eigenvalue weighted by molar-refractivity contribution is 0.185. The Morgan fingerprint density at radius 3 is 2.93 bits per heavy atom. The molecule has 1 atom stereocenters. The van der Waals surface area contributed by atoms with E-state index in [0.29, 0.717) is 0 Å². The Balaban J connectivity index is 2.19. The fourth-order valence-corrected chi connectivity index (χ4v) is 1.87. The molecule has 0 aromatic heterocycles. The van der Waals surface area contributed by atoms with Crippen LogP contribution < -0.4 is 11.1 Å². The number of nitrogen functional groups attached to an aromatic ring is 1. The number of nitrogens with two attached hydrogens (primary N) is 1. The second kappa shape index (κ2) is 3.74. The van der Waals surface area contributed by atoms with Crippen molar-refractivity contribution in [3.05, 3.63) is 23.8 Å². The third-order valence-electron chi connectivity index (χ3n) is 2.86. The molecule has 1 aromatic carbocycles. The van der Waals surface area contributed by atoms with E-state index in [2.05, 4.69) is 25.2 Å². The summed E-state index contributed by atoms with van der Waals surface area (Å²) in [4.78, 5) is 0. The highest BCUT2D eigenvalue weighted by molar-refractivity contribution is 5.67. The average Bonchev–Trinajstić information content (AvgIpc) is 2.59. The van der Waals surface area contributed by atoms with Crippen LogP contribution in [0.1, 0.15) is 18.9 Å². The molecule has 1 heterocycles. The molecular formula is C12H18N2O. The van der Waals surface area contributed by atoms with E-state index >= 15 is 0 Å². The van der Waals surface area contributed by atoms with Gasteiger partial charge in [-0.2, -0.15) is 0 Å². The normalized spacial score (nSPS) is 25.5. The van der Waals surface area contributed by atoms with Gasteiger partial charge in [0.1, 0.15) is 0 Å². The van der Waals surface area contributed by atoms with Crippen molar-refractivity contribution in [2.75, 3.05) is 24.3 Å². The van der Waals surface area contributed by atoms with Gasteiger partial charge in [0.25, 0.3) is 0 Å². The number of nitrogens with one attached hydrogen (secondary N) is 1. The Morgan fingerprint density at radius 1 is 1.47 bits per heavy atom. The summed E-state index contributed by atoms with van der Waals surface area (Å²) in [5, 5.41) is 3.48. The molecule has 0 saturated carbocycles. The van der Waals surface area contributed by atoms with Crippen LogP contribution in [0, 0.1) is 6.92 Å². The maximum absolute atomic E-state index is 5.92. The Kier molecular flexibility index (Phi) is 2.57. The SMILES string of the molecule is Cc1ccc(N)c(NC2(C)CCOC2)c1. The first-order valence-corrected chi connectivity index (χ1v) is 5.31. The molecule has 1 aliphatic heterocycles. The van der Waals surface area contributed by atoms with Crippen molar-refractivity contribution < 1.29 is 4.74 Å². The highest BCUT2D eigenvalue weighted by atomic mass is 16.5. The van der Waals surface area contributed by atoms with E-state index < -0.39 is 0 Å². The van der Waals surface area contributed by atoms with Crippen molar-refractivity contribution in [3.8, 4) is 0 Å². The topological polar surface area (TPSA) is 47.3 Å². The molecule has 1 unspecified atom stereocenters. The minimum atomic E-state index is 0.0297. The molecule has 0 amide bonds. The molecule has 1 saturated heterocycles. The number of aryl methyl sites for hydroxylation is 1. The molecule has 0 spiro atoms. The van der Waals surface area contributed by atoms with E-state index in [0.717, 1.165) is 31.0 Å². The quantitative estimate of drug-likeness (QED) is 0.729. The number of anilines is 2. The standard InChI is InChI=1S/C12H18N2O/c1-9-3-4-10(13)11(7-9)14-12(2)5-6-15-8-12/h3-4,7,14H,5-6,8,13H2,1-2H3. The zero-order valence-electron chi connectivity index (χ0n) is 9.34. The summed E-state index contributed by atoms with van der Waals surface area (Å²) >= 11 is 0. The Morgan fingerprint density at radius 2 is 2.27 bits per heavy atom. The van der Waals surface area contributed by atoms with Crippen LogP contribution in [0.2, 0.25) is 0 Å². The van der Waals surface area contributed by atoms with Crippen LogP contribution in [0.4, 0.5) is 11.4 Å². The van der Waals surface area contributed by atoms with E-state index in [4.69, 9.17) is 10.5 Å². The van der Waals surface area contributed by atoms with Crippen LogP contribution in [-0.4, -0.2) is 18.8 Å². The highest BCUT2D eigenvalue weighted by Gasteiger charge is 2.29. The van der Waals surface area contributed by atoms with Gasteiger partial charge < -0.3 is 15.8 Å². The molecule has 82 valence electrons. The summed E-state index contributed by atoms with van der Waals surface area (Å²) < 4.78 is 5.40. The summed E-state index contributed by atoms with van der Waals surface area (Å²) in [5.74, 6) is 0. The van der Waals surface area contributed by atoms with Gasteiger partial charge in [-0.1, -0.05) is 6.07 Å². The summed E-state index contributed by atoms with van der Waals surface area (Å²) in [6.07, 6.45) is 1.03. The third-order valence-corrected chi connectivity index (χ3v) is 2.86. The summed E-state index contributed by atoms with van der Waals surface area (Å²) in [6.45, 7) is 5.81. The van der Waals surface area contributed by atoms with Gasteiger partial charge in [0.2, 0.25) is 0 Å². The summed E-state index contributed by atoms with van der Waals surface area (Å²) in [7, 11) is 0. The van der Waals surface area contributed by atoms with Crippen molar-refractivity contribution >= 4 is 11.4 Å². The number of ether oxygens (including phenoxy) is 1. The van der Waals surface area contributed by atoms with Gasteiger partial charge in [-0.3, -0.25) is 0 Å². The molecule has 0 bridgehead atoms. The first-order chi connectivity index (χ1) is 7.09. The van der Waals surface area contributed by atoms with Crippen LogP contribution in [-0.2, 0) is 4.74 Å². The zero-order valence-corrected chi connectivity index (χ0v) is 9.34. The molecule has 3 heteroatoms. The Hall–Kier alpha value is -1.22. The second-order valence-electron chi connectivity index (χ2n) is 4.58. The maximum Gasteiger partial charge on any atom is 0.0694 e. The summed E-state index contributed by atoms with van der Waals surface area (Å²) in [5.41, 5.74) is 8.99. The maximum atomic E-state index is 5.92. The predicted octanol–water partition coefficient (Wildman–Crippen LogP) is 2.17. The number of rotatable bonds is 2. The van der Waals surface area contributed by atoms with E-state index in [1.165, 1.54) is 5.56 Å².